The van der Waals surface area contributed by atoms with E-state index in [0.717, 1.165) is 30.3 Å². The number of nitrogens with zero attached hydrogens (tertiary/aromatic N) is 3. The van der Waals surface area contributed by atoms with Crippen molar-refractivity contribution in [3.8, 4) is 0 Å². The van der Waals surface area contributed by atoms with Crippen molar-refractivity contribution in [3.05, 3.63) is 11.9 Å². The Kier molecular flexibility index (Phi) is 4.90. The van der Waals surface area contributed by atoms with Gasteiger partial charge in [0, 0.05) is 33.1 Å². The van der Waals surface area contributed by atoms with Crippen molar-refractivity contribution in [2.45, 2.75) is 39.2 Å². The topological polar surface area (TPSA) is 61.3 Å². The van der Waals surface area contributed by atoms with Crippen LogP contribution in [-0.2, 0) is 6.42 Å². The van der Waals surface area contributed by atoms with Crippen LogP contribution in [0.15, 0.2) is 6.07 Å². The van der Waals surface area contributed by atoms with Gasteiger partial charge in [0.2, 0.25) is 0 Å². The molecular formula is C13H24N4O. The maximum atomic E-state index is 9.85. The average molecular weight is 252 g/mol. The summed E-state index contributed by atoms with van der Waals surface area (Å²) >= 11 is 0. The first-order valence-electron chi connectivity index (χ1n) is 6.35. The summed E-state index contributed by atoms with van der Waals surface area (Å²) in [5.74, 6) is 2.48. The summed E-state index contributed by atoms with van der Waals surface area (Å²) in [4.78, 5) is 10.9. The van der Waals surface area contributed by atoms with E-state index in [1.807, 2.05) is 25.1 Å². The molecule has 0 aromatic carbocycles. The second-order valence-electron chi connectivity index (χ2n) is 5.20. The third-order valence-electron chi connectivity index (χ3n) is 2.50. The number of hydrogen-bond donors (Lipinski definition) is 2. The molecule has 0 amide bonds. The van der Waals surface area contributed by atoms with Gasteiger partial charge in [-0.15, -0.1) is 0 Å². The Morgan fingerprint density at radius 2 is 2.06 bits per heavy atom. The Morgan fingerprint density at radius 3 is 2.56 bits per heavy atom. The third kappa shape index (κ3) is 4.49. The van der Waals surface area contributed by atoms with E-state index in [0.29, 0.717) is 6.54 Å². The van der Waals surface area contributed by atoms with E-state index >= 15 is 0 Å². The molecule has 0 unspecified atom stereocenters. The Morgan fingerprint density at radius 1 is 1.39 bits per heavy atom. The van der Waals surface area contributed by atoms with E-state index in [4.69, 9.17) is 0 Å². The molecule has 1 aromatic rings. The maximum Gasteiger partial charge on any atom is 0.134 e. The summed E-state index contributed by atoms with van der Waals surface area (Å²) in [5.41, 5.74) is -0.746. The molecule has 5 nitrogen and oxygen atoms in total. The van der Waals surface area contributed by atoms with Crippen molar-refractivity contribution < 1.29 is 5.11 Å². The highest BCUT2D eigenvalue weighted by molar-refractivity contribution is 5.48. The SMILES string of the molecule is CCCc1nc(NC)cc(N(C)CC(C)(C)O)n1. The minimum atomic E-state index is -0.746. The quantitative estimate of drug-likeness (QED) is 0.806. The summed E-state index contributed by atoms with van der Waals surface area (Å²) in [5, 5.41) is 12.9. The van der Waals surface area contributed by atoms with Gasteiger partial charge in [0.05, 0.1) is 5.60 Å². The predicted octanol–water partition coefficient (Wildman–Crippen LogP) is 1.68. The molecule has 0 fully saturated rings. The molecule has 5 heteroatoms. The van der Waals surface area contributed by atoms with Crippen LogP contribution in [0.1, 0.15) is 33.0 Å². The molecule has 0 saturated carbocycles. The van der Waals surface area contributed by atoms with Crippen molar-refractivity contribution in [1.29, 1.82) is 0 Å². The fourth-order valence-corrected chi connectivity index (χ4v) is 1.80. The van der Waals surface area contributed by atoms with Gasteiger partial charge in [-0.2, -0.15) is 0 Å². The van der Waals surface area contributed by atoms with Crippen molar-refractivity contribution in [2.24, 2.45) is 0 Å². The molecule has 18 heavy (non-hydrogen) atoms. The molecule has 0 aliphatic carbocycles. The number of rotatable bonds is 6. The van der Waals surface area contributed by atoms with E-state index < -0.39 is 5.60 Å². The lowest BCUT2D eigenvalue weighted by atomic mass is 10.1. The van der Waals surface area contributed by atoms with Crippen LogP contribution in [0, 0.1) is 0 Å². The second kappa shape index (κ2) is 6.00. The van der Waals surface area contributed by atoms with Crippen LogP contribution in [0.4, 0.5) is 11.6 Å². The van der Waals surface area contributed by atoms with Gasteiger partial charge in [-0.25, -0.2) is 9.97 Å². The van der Waals surface area contributed by atoms with E-state index in [1.165, 1.54) is 0 Å². The monoisotopic (exact) mass is 252 g/mol. The zero-order chi connectivity index (χ0) is 13.8. The van der Waals surface area contributed by atoms with Gasteiger partial charge in [-0.3, -0.25) is 0 Å². The number of aromatic nitrogens is 2. The highest BCUT2D eigenvalue weighted by Crippen LogP contribution is 2.17. The molecular weight excluding hydrogens is 228 g/mol. The van der Waals surface area contributed by atoms with Crippen molar-refractivity contribution >= 4 is 11.6 Å². The number of likely N-dealkylation sites (N-methyl/N-ethyl adjacent to an activating group) is 1. The van der Waals surface area contributed by atoms with Gasteiger partial charge in [0.15, 0.2) is 0 Å². The number of hydrogen-bond acceptors (Lipinski definition) is 5. The van der Waals surface area contributed by atoms with Gasteiger partial charge in [0.25, 0.3) is 0 Å². The number of aryl methyl sites for hydroxylation is 1. The Bertz CT molecular complexity index is 387. The summed E-state index contributed by atoms with van der Waals surface area (Å²) in [6.07, 6.45) is 1.88. The fourth-order valence-electron chi connectivity index (χ4n) is 1.80. The maximum absolute atomic E-state index is 9.85. The fraction of sp³-hybridized carbons (Fsp3) is 0.692. The zero-order valence-corrected chi connectivity index (χ0v) is 12.0. The molecule has 0 atom stereocenters. The zero-order valence-electron chi connectivity index (χ0n) is 12.0. The first-order chi connectivity index (χ1) is 8.35. The smallest absolute Gasteiger partial charge is 0.134 e. The number of anilines is 2. The van der Waals surface area contributed by atoms with Gasteiger partial charge >= 0.3 is 0 Å². The second-order valence-corrected chi connectivity index (χ2v) is 5.20. The lowest BCUT2D eigenvalue weighted by Gasteiger charge is -2.26. The number of nitrogens with one attached hydrogen (secondary N) is 1. The highest BCUT2D eigenvalue weighted by Gasteiger charge is 2.17. The molecule has 1 rings (SSSR count). The Labute approximate surface area is 109 Å². The summed E-state index contributed by atoms with van der Waals surface area (Å²) in [6.45, 7) is 6.21. The molecule has 0 bridgehead atoms. The van der Waals surface area contributed by atoms with Crippen LogP contribution in [-0.4, -0.2) is 41.3 Å². The normalized spacial score (nSPS) is 11.4. The van der Waals surface area contributed by atoms with Crippen molar-refractivity contribution in [3.63, 3.8) is 0 Å². The standard InChI is InChI=1S/C13H24N4O/c1-6-7-10-15-11(14-4)8-12(16-10)17(5)9-13(2,3)18/h8,18H,6-7,9H2,1-5H3,(H,14,15,16). The van der Waals surface area contributed by atoms with Crippen LogP contribution in [0.2, 0.25) is 0 Å². The Balaban J connectivity index is 2.96. The third-order valence-corrected chi connectivity index (χ3v) is 2.50. The van der Waals surface area contributed by atoms with Crippen molar-refractivity contribution in [2.75, 3.05) is 30.9 Å². The largest absolute Gasteiger partial charge is 0.389 e. The van der Waals surface area contributed by atoms with E-state index in [1.54, 1.807) is 13.8 Å². The minimum absolute atomic E-state index is 0.527. The lowest BCUT2D eigenvalue weighted by molar-refractivity contribution is 0.0884. The van der Waals surface area contributed by atoms with Gasteiger partial charge in [-0.05, 0) is 20.3 Å². The van der Waals surface area contributed by atoms with E-state index in [2.05, 4.69) is 22.2 Å². The molecule has 1 heterocycles. The lowest BCUT2D eigenvalue weighted by Crippen LogP contribution is -2.36. The van der Waals surface area contributed by atoms with Crippen LogP contribution < -0.4 is 10.2 Å². The molecule has 1 aromatic heterocycles. The molecule has 0 saturated heterocycles. The molecule has 0 spiro atoms. The molecule has 102 valence electrons. The van der Waals surface area contributed by atoms with Gasteiger partial charge in [0.1, 0.15) is 17.5 Å². The van der Waals surface area contributed by atoms with E-state index in [9.17, 15) is 5.11 Å². The van der Waals surface area contributed by atoms with Crippen LogP contribution >= 0.6 is 0 Å². The average Bonchev–Trinajstić information content (AvgIpc) is 2.26. The Hall–Kier alpha value is -1.36. The first-order valence-corrected chi connectivity index (χ1v) is 6.35. The summed E-state index contributed by atoms with van der Waals surface area (Å²) in [7, 11) is 3.77. The van der Waals surface area contributed by atoms with Crippen LogP contribution in [0.3, 0.4) is 0 Å². The van der Waals surface area contributed by atoms with Gasteiger partial charge in [-0.1, -0.05) is 6.92 Å². The van der Waals surface area contributed by atoms with Crippen LogP contribution in [0.5, 0.6) is 0 Å². The van der Waals surface area contributed by atoms with E-state index in [-0.39, 0.29) is 0 Å². The van der Waals surface area contributed by atoms with Gasteiger partial charge < -0.3 is 15.3 Å². The predicted molar refractivity (Wildman–Crippen MR) is 75.1 cm³/mol. The molecule has 0 aliphatic heterocycles. The molecule has 0 aliphatic rings. The highest BCUT2D eigenvalue weighted by atomic mass is 16.3. The summed E-state index contributed by atoms with van der Waals surface area (Å²) < 4.78 is 0. The minimum Gasteiger partial charge on any atom is -0.389 e. The van der Waals surface area contributed by atoms with Crippen LogP contribution in [0.25, 0.3) is 0 Å². The molecule has 2 N–H and O–H groups in total. The number of aliphatic hydroxyl groups is 1. The first kappa shape index (κ1) is 14.7. The van der Waals surface area contributed by atoms with Crippen molar-refractivity contribution in [1.82, 2.24) is 9.97 Å². The molecule has 0 radical (unpaired) electrons. The summed E-state index contributed by atoms with van der Waals surface area (Å²) in [6, 6.07) is 1.89.